The van der Waals surface area contributed by atoms with E-state index in [4.69, 9.17) is 0 Å². The lowest BCUT2D eigenvalue weighted by molar-refractivity contribution is -0.117. The standard InChI is InChI=1S/C16H24INO/c1-3-5-13(4-2)12-16(19)18-15-8-6-14(7-9-15)10-11-17/h6-9,13H,3-5,10-12H2,1-2H3,(H,18,19). The maximum absolute atomic E-state index is 12.0. The summed E-state index contributed by atoms with van der Waals surface area (Å²) in [5, 5.41) is 2.99. The predicted molar refractivity (Wildman–Crippen MR) is 91.0 cm³/mol. The molecule has 0 saturated heterocycles. The number of hydrogen-bond donors (Lipinski definition) is 1. The molecule has 1 aromatic rings. The van der Waals surface area contributed by atoms with E-state index < -0.39 is 0 Å². The average Bonchev–Trinajstić information content (AvgIpc) is 2.41. The van der Waals surface area contributed by atoms with Crippen molar-refractivity contribution in [2.45, 2.75) is 46.0 Å². The van der Waals surface area contributed by atoms with Crippen LogP contribution in [0.3, 0.4) is 0 Å². The van der Waals surface area contributed by atoms with E-state index in [1.165, 1.54) is 5.56 Å². The topological polar surface area (TPSA) is 29.1 Å². The van der Waals surface area contributed by atoms with Crippen LogP contribution < -0.4 is 5.32 Å². The Bertz CT molecular complexity index is 375. The molecule has 0 bridgehead atoms. The first-order valence-electron chi connectivity index (χ1n) is 7.14. The summed E-state index contributed by atoms with van der Waals surface area (Å²) in [7, 11) is 0. The highest BCUT2D eigenvalue weighted by Gasteiger charge is 2.11. The summed E-state index contributed by atoms with van der Waals surface area (Å²) in [6.45, 7) is 4.33. The van der Waals surface area contributed by atoms with Crippen LogP contribution in [-0.4, -0.2) is 10.3 Å². The zero-order valence-electron chi connectivity index (χ0n) is 11.9. The number of hydrogen-bond acceptors (Lipinski definition) is 1. The monoisotopic (exact) mass is 373 g/mol. The summed E-state index contributed by atoms with van der Waals surface area (Å²) >= 11 is 2.37. The lowest BCUT2D eigenvalue weighted by atomic mass is 9.96. The summed E-state index contributed by atoms with van der Waals surface area (Å²) in [6, 6.07) is 8.19. The third kappa shape index (κ3) is 6.41. The zero-order chi connectivity index (χ0) is 14.1. The Balaban J connectivity index is 2.47. The van der Waals surface area contributed by atoms with E-state index in [1.54, 1.807) is 0 Å². The van der Waals surface area contributed by atoms with Gasteiger partial charge < -0.3 is 5.32 Å². The molecule has 1 rings (SSSR count). The van der Waals surface area contributed by atoms with Crippen LogP contribution in [0.25, 0.3) is 0 Å². The fraction of sp³-hybridized carbons (Fsp3) is 0.562. The van der Waals surface area contributed by atoms with E-state index in [0.29, 0.717) is 12.3 Å². The van der Waals surface area contributed by atoms with Crippen molar-refractivity contribution in [3.05, 3.63) is 29.8 Å². The van der Waals surface area contributed by atoms with Crippen LogP contribution in [-0.2, 0) is 11.2 Å². The molecule has 3 heteroatoms. The Morgan fingerprint density at radius 1 is 1.26 bits per heavy atom. The van der Waals surface area contributed by atoms with E-state index in [0.717, 1.165) is 35.8 Å². The minimum atomic E-state index is 0.141. The van der Waals surface area contributed by atoms with Gasteiger partial charge in [0, 0.05) is 16.5 Å². The molecule has 106 valence electrons. The molecule has 1 unspecified atom stereocenters. The summed E-state index contributed by atoms with van der Waals surface area (Å²) in [5.41, 5.74) is 2.23. The van der Waals surface area contributed by atoms with Crippen molar-refractivity contribution in [2.24, 2.45) is 5.92 Å². The molecular weight excluding hydrogens is 349 g/mol. The fourth-order valence-corrected chi connectivity index (χ4v) is 2.82. The normalized spacial score (nSPS) is 12.2. The Morgan fingerprint density at radius 2 is 1.95 bits per heavy atom. The molecule has 0 fully saturated rings. The second-order valence-electron chi connectivity index (χ2n) is 4.95. The van der Waals surface area contributed by atoms with Crippen molar-refractivity contribution in [2.75, 3.05) is 9.74 Å². The molecule has 2 nitrogen and oxygen atoms in total. The van der Waals surface area contributed by atoms with Crippen LogP contribution in [0.4, 0.5) is 5.69 Å². The van der Waals surface area contributed by atoms with Crippen molar-refractivity contribution in [1.82, 2.24) is 0 Å². The predicted octanol–water partition coefficient (Wildman–Crippen LogP) is 4.82. The van der Waals surface area contributed by atoms with Gasteiger partial charge in [-0.05, 0) is 30.0 Å². The second-order valence-corrected chi connectivity index (χ2v) is 6.03. The first kappa shape index (κ1) is 16.5. The van der Waals surface area contributed by atoms with Gasteiger partial charge in [-0.15, -0.1) is 0 Å². The maximum Gasteiger partial charge on any atom is 0.224 e. The molecule has 0 aliphatic carbocycles. The van der Waals surface area contributed by atoms with Gasteiger partial charge in [0.05, 0.1) is 0 Å². The second kappa shape index (κ2) is 9.34. The fourth-order valence-electron chi connectivity index (χ4n) is 2.20. The lowest BCUT2D eigenvalue weighted by Crippen LogP contribution is -2.16. The van der Waals surface area contributed by atoms with Crippen LogP contribution in [0.1, 0.15) is 45.1 Å². The Hall–Kier alpha value is -0.580. The van der Waals surface area contributed by atoms with Crippen LogP contribution in [0.15, 0.2) is 24.3 Å². The highest BCUT2D eigenvalue weighted by Crippen LogP contribution is 2.17. The van der Waals surface area contributed by atoms with Crippen molar-refractivity contribution in [1.29, 1.82) is 0 Å². The van der Waals surface area contributed by atoms with Crippen LogP contribution in [0.2, 0.25) is 0 Å². The Labute approximate surface area is 130 Å². The molecule has 0 spiro atoms. The molecule has 1 atom stereocenters. The van der Waals surface area contributed by atoms with E-state index in [-0.39, 0.29) is 5.91 Å². The number of amides is 1. The van der Waals surface area contributed by atoms with Gasteiger partial charge in [0.1, 0.15) is 0 Å². The number of alkyl halides is 1. The molecule has 0 aromatic heterocycles. The molecule has 0 aliphatic rings. The number of carbonyl (C=O) groups is 1. The number of carbonyl (C=O) groups excluding carboxylic acids is 1. The van der Waals surface area contributed by atoms with E-state index in [9.17, 15) is 4.79 Å². The van der Waals surface area contributed by atoms with E-state index in [2.05, 4.69) is 53.9 Å². The molecule has 0 radical (unpaired) electrons. The molecule has 1 N–H and O–H groups in total. The smallest absolute Gasteiger partial charge is 0.224 e. The summed E-state index contributed by atoms with van der Waals surface area (Å²) in [6.07, 6.45) is 5.09. The SMILES string of the molecule is CCCC(CC)CC(=O)Nc1ccc(CCI)cc1. The molecule has 19 heavy (non-hydrogen) atoms. The van der Waals surface area contributed by atoms with Crippen LogP contribution in [0, 0.1) is 5.92 Å². The summed E-state index contributed by atoms with van der Waals surface area (Å²) in [5.74, 6) is 0.658. The highest BCUT2D eigenvalue weighted by molar-refractivity contribution is 14.1. The van der Waals surface area contributed by atoms with Gasteiger partial charge in [-0.25, -0.2) is 0 Å². The number of nitrogens with one attached hydrogen (secondary N) is 1. The largest absolute Gasteiger partial charge is 0.326 e. The first-order valence-corrected chi connectivity index (χ1v) is 8.66. The van der Waals surface area contributed by atoms with Gasteiger partial charge in [0.15, 0.2) is 0 Å². The summed E-state index contributed by atoms with van der Waals surface area (Å²) < 4.78 is 1.12. The minimum absolute atomic E-state index is 0.141. The van der Waals surface area contributed by atoms with Gasteiger partial charge in [-0.1, -0.05) is 67.8 Å². The van der Waals surface area contributed by atoms with Gasteiger partial charge in [-0.2, -0.15) is 0 Å². The Kier molecular flexibility index (Phi) is 8.10. The lowest BCUT2D eigenvalue weighted by Gasteiger charge is -2.13. The van der Waals surface area contributed by atoms with Crippen LogP contribution in [0.5, 0.6) is 0 Å². The molecular formula is C16H24INO. The molecule has 0 saturated carbocycles. The molecule has 1 aromatic carbocycles. The van der Waals surface area contributed by atoms with Gasteiger partial charge >= 0.3 is 0 Å². The average molecular weight is 373 g/mol. The zero-order valence-corrected chi connectivity index (χ0v) is 14.1. The molecule has 0 aliphatic heterocycles. The number of benzene rings is 1. The third-order valence-electron chi connectivity index (χ3n) is 3.37. The van der Waals surface area contributed by atoms with Gasteiger partial charge in [0.25, 0.3) is 0 Å². The van der Waals surface area contributed by atoms with Crippen molar-refractivity contribution >= 4 is 34.2 Å². The Morgan fingerprint density at radius 3 is 2.47 bits per heavy atom. The maximum atomic E-state index is 12.0. The first-order chi connectivity index (χ1) is 9.19. The molecule has 0 heterocycles. The van der Waals surface area contributed by atoms with Gasteiger partial charge in [-0.3, -0.25) is 4.79 Å². The minimum Gasteiger partial charge on any atom is -0.326 e. The van der Waals surface area contributed by atoms with E-state index in [1.807, 2.05) is 12.1 Å². The third-order valence-corrected chi connectivity index (χ3v) is 3.91. The van der Waals surface area contributed by atoms with Crippen molar-refractivity contribution in [3.63, 3.8) is 0 Å². The quantitative estimate of drug-likeness (QED) is 0.514. The van der Waals surface area contributed by atoms with Crippen LogP contribution >= 0.6 is 22.6 Å². The number of aryl methyl sites for hydroxylation is 1. The van der Waals surface area contributed by atoms with E-state index >= 15 is 0 Å². The van der Waals surface area contributed by atoms with Gasteiger partial charge in [0.2, 0.25) is 5.91 Å². The van der Waals surface area contributed by atoms with Crippen molar-refractivity contribution < 1.29 is 4.79 Å². The number of anilines is 1. The number of rotatable bonds is 8. The van der Waals surface area contributed by atoms with Crippen molar-refractivity contribution in [3.8, 4) is 0 Å². The number of halogens is 1. The highest BCUT2D eigenvalue weighted by atomic mass is 127. The summed E-state index contributed by atoms with van der Waals surface area (Å²) in [4.78, 5) is 12.0. The molecule has 1 amide bonds.